The van der Waals surface area contributed by atoms with Gasteiger partial charge in [-0.3, -0.25) is 4.99 Å². The molecule has 3 heteroatoms. The van der Waals surface area contributed by atoms with Gasteiger partial charge < -0.3 is 9.88 Å². The fraction of sp³-hybridized carbons (Fsp3) is 0.0926. The molecule has 1 aliphatic carbocycles. The number of nitrogens with one attached hydrogen (secondary N) is 1. The number of aliphatic imine (C=N–C) groups is 1. The molecule has 0 aliphatic heterocycles. The molecule has 0 amide bonds. The van der Waals surface area contributed by atoms with Crippen LogP contribution in [0.5, 0.6) is 0 Å². The van der Waals surface area contributed by atoms with E-state index in [0.717, 1.165) is 34.7 Å². The molecule has 0 saturated heterocycles. The molecule has 9 rings (SSSR count). The summed E-state index contributed by atoms with van der Waals surface area (Å²) in [5.74, 6) is 0. The minimum absolute atomic E-state index is 0.0379. The zero-order chi connectivity index (χ0) is 39.5. The first-order chi connectivity index (χ1) is 27.8. The van der Waals surface area contributed by atoms with Crippen LogP contribution in [0.3, 0.4) is 0 Å². The number of allylic oxidation sites excluding steroid dienone is 5. The van der Waals surface area contributed by atoms with Crippen molar-refractivity contribution in [3.05, 3.63) is 217 Å². The molecule has 1 aromatic heterocycles. The Kier molecular flexibility index (Phi) is 10.1. The van der Waals surface area contributed by atoms with Crippen molar-refractivity contribution in [3.8, 4) is 16.8 Å². The number of aromatic nitrogens is 1. The minimum Gasteiger partial charge on any atom is -0.354 e. The molecule has 0 fully saturated rings. The molecule has 0 spiro atoms. The van der Waals surface area contributed by atoms with Gasteiger partial charge in [0.15, 0.2) is 0 Å². The van der Waals surface area contributed by atoms with Crippen LogP contribution in [0.4, 0.5) is 11.4 Å². The highest BCUT2D eigenvalue weighted by molar-refractivity contribution is 6.19. The van der Waals surface area contributed by atoms with Crippen LogP contribution >= 0.6 is 0 Å². The van der Waals surface area contributed by atoms with Gasteiger partial charge in [0.1, 0.15) is 0 Å². The number of hydrogen-bond donors (Lipinski definition) is 1. The van der Waals surface area contributed by atoms with Crippen LogP contribution < -0.4 is 5.32 Å². The molecule has 0 radical (unpaired) electrons. The van der Waals surface area contributed by atoms with Crippen LogP contribution in [0.2, 0.25) is 0 Å². The Morgan fingerprint density at radius 2 is 1.40 bits per heavy atom. The van der Waals surface area contributed by atoms with Gasteiger partial charge in [-0.1, -0.05) is 160 Å². The molecule has 0 saturated carbocycles. The van der Waals surface area contributed by atoms with E-state index in [1.54, 1.807) is 6.08 Å². The molecule has 7 aromatic carbocycles. The third-order valence-electron chi connectivity index (χ3n) is 11.2. The Bertz CT molecular complexity index is 2860. The Labute approximate surface area is 336 Å². The SMILES string of the molecule is C=C/C=C\C=C(\Cc1ccc2c(c1)C(C)(C)c1ccccc1-2)N=C.C=Cc1ccc2c(c1Nc1ccccc1)c1cc3ccccc3cc1n2-c1ccc(C)cc1. The summed E-state index contributed by atoms with van der Waals surface area (Å²) in [4.78, 5) is 4.15. The molecule has 0 bridgehead atoms. The number of para-hydroxylation sites is 1. The lowest BCUT2D eigenvalue weighted by atomic mass is 9.82. The molecule has 1 heterocycles. The highest BCUT2D eigenvalue weighted by Crippen LogP contribution is 2.49. The van der Waals surface area contributed by atoms with Crippen molar-refractivity contribution in [2.24, 2.45) is 4.99 Å². The fourth-order valence-corrected chi connectivity index (χ4v) is 8.24. The summed E-state index contributed by atoms with van der Waals surface area (Å²) in [6.45, 7) is 18.2. The van der Waals surface area contributed by atoms with Gasteiger partial charge in [0.05, 0.1) is 16.7 Å². The minimum atomic E-state index is 0.0379. The van der Waals surface area contributed by atoms with Gasteiger partial charge in [-0.25, -0.2) is 0 Å². The van der Waals surface area contributed by atoms with Crippen LogP contribution in [0.1, 0.15) is 41.7 Å². The highest BCUT2D eigenvalue weighted by Gasteiger charge is 2.35. The van der Waals surface area contributed by atoms with Gasteiger partial charge in [-0.15, -0.1) is 0 Å². The maximum atomic E-state index is 4.15. The second-order valence-electron chi connectivity index (χ2n) is 15.2. The largest absolute Gasteiger partial charge is 0.354 e. The molecule has 8 aromatic rings. The summed E-state index contributed by atoms with van der Waals surface area (Å²) in [6, 6.07) is 52.2. The fourth-order valence-electron chi connectivity index (χ4n) is 8.24. The third kappa shape index (κ3) is 7.05. The molecule has 0 atom stereocenters. The van der Waals surface area contributed by atoms with Gasteiger partial charge in [-0.2, -0.15) is 0 Å². The van der Waals surface area contributed by atoms with E-state index in [1.165, 1.54) is 66.0 Å². The maximum Gasteiger partial charge on any atom is 0.0562 e. The molecule has 0 unspecified atom stereocenters. The van der Waals surface area contributed by atoms with Gasteiger partial charge in [-0.05, 0) is 106 Å². The number of hydrogen-bond acceptors (Lipinski definition) is 2. The number of rotatable bonds is 9. The number of fused-ring (bicyclic) bond motifs is 7. The lowest BCUT2D eigenvalue weighted by molar-refractivity contribution is 0.659. The van der Waals surface area contributed by atoms with Gasteiger partial charge in [0.25, 0.3) is 0 Å². The number of nitrogens with zero attached hydrogens (tertiary/aromatic N) is 2. The van der Waals surface area contributed by atoms with E-state index in [4.69, 9.17) is 0 Å². The Morgan fingerprint density at radius 1 is 0.702 bits per heavy atom. The van der Waals surface area contributed by atoms with Crippen LogP contribution in [0.25, 0.3) is 55.5 Å². The summed E-state index contributed by atoms with van der Waals surface area (Å²) in [5, 5.41) is 8.61. The zero-order valence-electron chi connectivity index (χ0n) is 33.0. The van der Waals surface area contributed by atoms with Gasteiger partial charge in [0, 0.05) is 39.7 Å². The summed E-state index contributed by atoms with van der Waals surface area (Å²) < 4.78 is 2.37. The van der Waals surface area contributed by atoms with Gasteiger partial charge >= 0.3 is 0 Å². The summed E-state index contributed by atoms with van der Waals surface area (Å²) in [5.41, 5.74) is 15.8. The summed E-state index contributed by atoms with van der Waals surface area (Å²) >= 11 is 0. The van der Waals surface area contributed by atoms with E-state index < -0.39 is 0 Å². The lowest BCUT2D eigenvalue weighted by Crippen LogP contribution is -2.15. The van der Waals surface area contributed by atoms with Crippen LogP contribution in [0, 0.1) is 6.92 Å². The first kappa shape index (κ1) is 37.0. The van der Waals surface area contributed by atoms with E-state index in [9.17, 15) is 0 Å². The predicted molar refractivity (Wildman–Crippen MR) is 248 cm³/mol. The van der Waals surface area contributed by atoms with Crippen LogP contribution in [0.15, 0.2) is 194 Å². The molecule has 1 N–H and O–H groups in total. The maximum absolute atomic E-state index is 4.15. The van der Waals surface area contributed by atoms with Gasteiger partial charge in [0.2, 0.25) is 0 Å². The Balaban J connectivity index is 0.000000169. The smallest absolute Gasteiger partial charge is 0.0562 e. The molecule has 278 valence electrons. The van der Waals surface area contributed by atoms with Crippen LogP contribution in [-0.2, 0) is 11.8 Å². The van der Waals surface area contributed by atoms with Crippen molar-refractivity contribution in [2.45, 2.75) is 32.6 Å². The average Bonchev–Trinajstić information content (AvgIpc) is 3.68. The van der Waals surface area contributed by atoms with Crippen molar-refractivity contribution < 1.29 is 0 Å². The second-order valence-corrected chi connectivity index (χ2v) is 15.2. The summed E-state index contributed by atoms with van der Waals surface area (Å²) in [6.07, 6.45) is 10.3. The highest BCUT2D eigenvalue weighted by atomic mass is 15.0. The number of anilines is 2. The van der Waals surface area contributed by atoms with Crippen molar-refractivity contribution >= 4 is 56.7 Å². The van der Waals surface area contributed by atoms with E-state index >= 15 is 0 Å². The topological polar surface area (TPSA) is 29.3 Å². The number of aryl methyl sites for hydroxylation is 1. The van der Waals surface area contributed by atoms with E-state index in [1.807, 2.05) is 30.4 Å². The van der Waals surface area contributed by atoms with Crippen molar-refractivity contribution in [3.63, 3.8) is 0 Å². The second kappa shape index (κ2) is 15.6. The molecule has 1 aliphatic rings. The molecule has 3 nitrogen and oxygen atoms in total. The monoisotopic (exact) mass is 737 g/mol. The van der Waals surface area contributed by atoms with E-state index in [2.05, 4.69) is 195 Å². The Hall–Kier alpha value is -6.97. The normalized spacial score (nSPS) is 12.9. The quantitative estimate of drug-likeness (QED) is 0.116. The predicted octanol–water partition coefficient (Wildman–Crippen LogP) is 14.5. The standard InChI is InChI=1S/C31H24N2.C23H23N/c1-3-22-15-18-28-30(31(22)32-25-11-5-4-6-12-25)27-19-23-9-7-8-10-24(23)20-29(27)33(28)26-16-13-21(2)14-17-26;1-5-6-7-10-18(24-4)15-17-13-14-20-19-11-8-9-12-21(19)23(2,3)22(20)16-17/h3-20,32H,1H2,2H3;5-14,16H,1,4,15H2,2-3H3/b;7-6-,18-10-. The van der Waals surface area contributed by atoms with Crippen molar-refractivity contribution in [2.75, 3.05) is 5.32 Å². The average molecular weight is 738 g/mol. The van der Waals surface area contributed by atoms with E-state index in [0.29, 0.717) is 0 Å². The van der Waals surface area contributed by atoms with E-state index in [-0.39, 0.29) is 5.41 Å². The number of benzene rings is 7. The molecular weight excluding hydrogens is 691 g/mol. The van der Waals surface area contributed by atoms with Crippen molar-refractivity contribution in [1.29, 1.82) is 0 Å². The van der Waals surface area contributed by atoms with Crippen LogP contribution in [-0.4, -0.2) is 11.3 Å². The van der Waals surface area contributed by atoms with Crippen molar-refractivity contribution in [1.82, 2.24) is 4.57 Å². The zero-order valence-corrected chi connectivity index (χ0v) is 33.0. The lowest BCUT2D eigenvalue weighted by Gasteiger charge is -2.22. The first-order valence-corrected chi connectivity index (χ1v) is 19.5. The summed E-state index contributed by atoms with van der Waals surface area (Å²) in [7, 11) is 0. The Morgan fingerprint density at radius 3 is 2.14 bits per heavy atom. The third-order valence-corrected chi connectivity index (χ3v) is 11.2. The molecule has 57 heavy (non-hydrogen) atoms. The molecular formula is C54H47N3. The first-order valence-electron chi connectivity index (χ1n) is 19.5.